The molecule has 0 aliphatic heterocycles. The lowest BCUT2D eigenvalue weighted by atomic mass is 9.98. The molecule has 1 aromatic heterocycles. The molecule has 0 fully saturated rings. The van der Waals surface area contributed by atoms with Crippen molar-refractivity contribution in [3.8, 4) is 0 Å². The van der Waals surface area contributed by atoms with Gasteiger partial charge in [0, 0.05) is 0 Å². The third-order valence-corrected chi connectivity index (χ3v) is 3.20. The molecule has 2 aromatic rings. The van der Waals surface area contributed by atoms with Crippen molar-refractivity contribution in [1.82, 2.24) is 9.78 Å². The van der Waals surface area contributed by atoms with Gasteiger partial charge in [0.1, 0.15) is 5.82 Å². The number of nitrogens with zero attached hydrogens (tertiary/aromatic N) is 2. The van der Waals surface area contributed by atoms with E-state index in [1.807, 2.05) is 0 Å². The summed E-state index contributed by atoms with van der Waals surface area (Å²) in [6.45, 7) is 6.96. The lowest BCUT2D eigenvalue weighted by Gasteiger charge is -2.16. The van der Waals surface area contributed by atoms with Crippen LogP contribution < -0.4 is 5.32 Å². The molecule has 1 aromatic carbocycles. The van der Waals surface area contributed by atoms with Gasteiger partial charge in [-0.2, -0.15) is 5.10 Å². The van der Waals surface area contributed by atoms with Crippen LogP contribution in [0.3, 0.4) is 0 Å². The van der Waals surface area contributed by atoms with Gasteiger partial charge >= 0.3 is 5.97 Å². The van der Waals surface area contributed by atoms with Crippen LogP contribution in [0.15, 0.2) is 30.6 Å². The molecule has 0 bridgehead atoms. The third kappa shape index (κ3) is 4.41. The largest absolute Gasteiger partial charge is 0.442 e. The Kier molecular flexibility index (Phi) is 5.02. The van der Waals surface area contributed by atoms with E-state index in [1.54, 1.807) is 33.8 Å². The average molecular weight is 333 g/mol. The standard InChI is InChI=1S/C17H20FN3O3/c1-11-5-6-14(18)13(7-11)15(22)20-12-8-19-21(9-12)10-24-16(23)17(2,3)4/h5-9H,10H2,1-4H3,(H,20,22). The molecule has 1 heterocycles. The van der Waals surface area contributed by atoms with Gasteiger partial charge in [0.2, 0.25) is 0 Å². The van der Waals surface area contributed by atoms with Crippen LogP contribution in [0, 0.1) is 18.2 Å². The van der Waals surface area contributed by atoms with Crippen LogP contribution in [-0.2, 0) is 16.3 Å². The molecule has 0 unspecified atom stereocenters. The number of benzene rings is 1. The van der Waals surface area contributed by atoms with Crippen LogP contribution in [0.4, 0.5) is 10.1 Å². The Bertz CT molecular complexity index is 763. The molecule has 0 spiro atoms. The summed E-state index contributed by atoms with van der Waals surface area (Å²) < 4.78 is 20.2. The normalized spacial score (nSPS) is 11.2. The quantitative estimate of drug-likeness (QED) is 0.873. The average Bonchev–Trinajstić information content (AvgIpc) is 2.93. The van der Waals surface area contributed by atoms with E-state index in [-0.39, 0.29) is 18.3 Å². The van der Waals surface area contributed by atoms with Crippen LogP contribution in [0.25, 0.3) is 0 Å². The van der Waals surface area contributed by atoms with Gasteiger partial charge in [-0.25, -0.2) is 9.07 Å². The Morgan fingerprint density at radius 1 is 1.33 bits per heavy atom. The van der Waals surface area contributed by atoms with E-state index in [1.165, 1.54) is 29.2 Å². The van der Waals surface area contributed by atoms with Gasteiger partial charge < -0.3 is 10.1 Å². The van der Waals surface area contributed by atoms with Crippen molar-refractivity contribution in [2.45, 2.75) is 34.4 Å². The number of nitrogens with one attached hydrogen (secondary N) is 1. The summed E-state index contributed by atoms with van der Waals surface area (Å²) in [7, 11) is 0. The van der Waals surface area contributed by atoms with E-state index < -0.39 is 17.1 Å². The summed E-state index contributed by atoms with van der Waals surface area (Å²) >= 11 is 0. The van der Waals surface area contributed by atoms with Crippen LogP contribution in [-0.4, -0.2) is 21.7 Å². The molecule has 2 rings (SSSR count). The second-order valence-corrected chi connectivity index (χ2v) is 6.52. The van der Waals surface area contributed by atoms with E-state index in [2.05, 4.69) is 10.4 Å². The molecule has 1 N–H and O–H groups in total. The zero-order chi connectivity index (χ0) is 17.9. The fourth-order valence-corrected chi connectivity index (χ4v) is 1.85. The number of aromatic nitrogens is 2. The smallest absolute Gasteiger partial charge is 0.313 e. The number of amides is 1. The number of ether oxygens (including phenoxy) is 1. The summed E-state index contributed by atoms with van der Waals surface area (Å²) in [5.41, 5.74) is 0.522. The first-order chi connectivity index (χ1) is 11.2. The number of halogens is 1. The van der Waals surface area contributed by atoms with E-state index in [4.69, 9.17) is 4.74 Å². The van der Waals surface area contributed by atoms with Crippen molar-refractivity contribution in [1.29, 1.82) is 0 Å². The second-order valence-electron chi connectivity index (χ2n) is 6.52. The molecular weight excluding hydrogens is 313 g/mol. The van der Waals surface area contributed by atoms with Crippen molar-refractivity contribution in [3.05, 3.63) is 47.5 Å². The lowest BCUT2D eigenvalue weighted by molar-refractivity contribution is -0.157. The molecular formula is C17H20FN3O3. The van der Waals surface area contributed by atoms with E-state index in [9.17, 15) is 14.0 Å². The van der Waals surface area contributed by atoms with Gasteiger partial charge in [-0.1, -0.05) is 11.6 Å². The predicted octanol–water partition coefficient (Wildman–Crippen LogP) is 3.13. The number of hydrogen-bond acceptors (Lipinski definition) is 4. The van der Waals surface area contributed by atoms with E-state index in [0.29, 0.717) is 5.69 Å². The number of carbonyl (C=O) groups excluding carboxylic acids is 2. The predicted molar refractivity (Wildman–Crippen MR) is 86.9 cm³/mol. The van der Waals surface area contributed by atoms with E-state index in [0.717, 1.165) is 5.56 Å². The molecule has 128 valence electrons. The van der Waals surface area contributed by atoms with Crippen molar-refractivity contribution in [3.63, 3.8) is 0 Å². The number of aryl methyl sites for hydroxylation is 1. The van der Waals surface area contributed by atoms with Crippen LogP contribution in [0.5, 0.6) is 0 Å². The SMILES string of the molecule is Cc1ccc(F)c(C(=O)Nc2cnn(COC(=O)C(C)(C)C)c2)c1. The molecule has 0 aliphatic carbocycles. The van der Waals surface area contributed by atoms with Crippen molar-refractivity contribution >= 4 is 17.6 Å². The lowest BCUT2D eigenvalue weighted by Crippen LogP contribution is -2.24. The zero-order valence-corrected chi connectivity index (χ0v) is 14.1. The molecule has 0 saturated carbocycles. The first kappa shape index (κ1) is 17.7. The van der Waals surface area contributed by atoms with Gasteiger partial charge in [-0.3, -0.25) is 9.59 Å². The third-order valence-electron chi connectivity index (χ3n) is 3.20. The minimum atomic E-state index is -0.604. The molecule has 7 heteroatoms. The van der Waals surface area contributed by atoms with Gasteiger partial charge in [0.25, 0.3) is 5.91 Å². The number of esters is 1. The molecule has 0 aliphatic rings. The highest BCUT2D eigenvalue weighted by atomic mass is 19.1. The molecule has 0 radical (unpaired) electrons. The highest BCUT2D eigenvalue weighted by molar-refractivity contribution is 6.04. The van der Waals surface area contributed by atoms with E-state index >= 15 is 0 Å². The maximum Gasteiger partial charge on any atom is 0.313 e. The Morgan fingerprint density at radius 2 is 2.04 bits per heavy atom. The second kappa shape index (κ2) is 6.82. The summed E-state index contributed by atoms with van der Waals surface area (Å²) in [4.78, 5) is 23.8. The zero-order valence-electron chi connectivity index (χ0n) is 14.1. The Hall–Kier alpha value is -2.70. The van der Waals surface area contributed by atoms with Crippen molar-refractivity contribution < 1.29 is 18.7 Å². The van der Waals surface area contributed by atoms with Crippen LogP contribution in [0.2, 0.25) is 0 Å². The first-order valence-corrected chi connectivity index (χ1v) is 7.44. The fourth-order valence-electron chi connectivity index (χ4n) is 1.85. The highest BCUT2D eigenvalue weighted by Gasteiger charge is 2.23. The number of rotatable bonds is 4. The molecule has 24 heavy (non-hydrogen) atoms. The molecule has 0 saturated heterocycles. The first-order valence-electron chi connectivity index (χ1n) is 7.44. The molecule has 1 amide bonds. The van der Waals surface area contributed by atoms with Gasteiger partial charge in [0.15, 0.2) is 6.73 Å². The topological polar surface area (TPSA) is 73.2 Å². The van der Waals surface area contributed by atoms with Crippen molar-refractivity contribution in [2.75, 3.05) is 5.32 Å². The van der Waals surface area contributed by atoms with Gasteiger partial charge in [0.05, 0.1) is 29.1 Å². The number of anilines is 1. The van der Waals surface area contributed by atoms with Crippen LogP contribution in [0.1, 0.15) is 36.7 Å². The molecule has 6 nitrogen and oxygen atoms in total. The number of carbonyl (C=O) groups is 2. The Labute approximate surface area is 139 Å². The molecule has 0 atom stereocenters. The summed E-state index contributed by atoms with van der Waals surface area (Å²) in [6.07, 6.45) is 2.90. The van der Waals surface area contributed by atoms with Crippen LogP contribution >= 0.6 is 0 Å². The minimum absolute atomic E-state index is 0.0399. The summed E-state index contributed by atoms with van der Waals surface area (Å²) in [6, 6.07) is 4.31. The van der Waals surface area contributed by atoms with Gasteiger partial charge in [-0.05, 0) is 39.8 Å². The summed E-state index contributed by atoms with van der Waals surface area (Å²) in [5.74, 6) is -1.52. The maximum absolute atomic E-state index is 13.7. The number of hydrogen-bond donors (Lipinski definition) is 1. The monoisotopic (exact) mass is 333 g/mol. The summed E-state index contributed by atoms with van der Waals surface area (Å²) in [5, 5.41) is 6.55. The highest BCUT2D eigenvalue weighted by Crippen LogP contribution is 2.16. The Balaban J connectivity index is 2.00. The fraction of sp³-hybridized carbons (Fsp3) is 0.353. The van der Waals surface area contributed by atoms with Gasteiger partial charge in [-0.15, -0.1) is 0 Å². The van der Waals surface area contributed by atoms with Crippen molar-refractivity contribution in [2.24, 2.45) is 5.41 Å². The maximum atomic E-state index is 13.7. The Morgan fingerprint density at radius 3 is 2.71 bits per heavy atom. The minimum Gasteiger partial charge on any atom is -0.442 e.